The van der Waals surface area contributed by atoms with Crippen LogP contribution in [-0.2, 0) is 0 Å². The maximum atomic E-state index is 13.5. The molecule has 0 aliphatic carbocycles. The molecule has 1 saturated heterocycles. The van der Waals surface area contributed by atoms with Crippen LogP contribution in [0, 0.1) is 11.3 Å². The molecule has 0 radical (unpaired) electrons. The Morgan fingerprint density at radius 1 is 0.966 bits per heavy atom. The zero-order valence-electron chi connectivity index (χ0n) is 16.3. The average molecular weight is 381 g/mol. The van der Waals surface area contributed by atoms with Crippen molar-refractivity contribution in [3.63, 3.8) is 0 Å². The summed E-state index contributed by atoms with van der Waals surface area (Å²) in [6, 6.07) is 24.3. The van der Waals surface area contributed by atoms with Gasteiger partial charge in [0, 0.05) is 12.1 Å². The van der Waals surface area contributed by atoms with E-state index in [4.69, 9.17) is 0 Å². The molecule has 2 aliphatic heterocycles. The maximum Gasteiger partial charge on any atom is 0.256 e. The van der Waals surface area contributed by atoms with E-state index in [-0.39, 0.29) is 11.9 Å². The third-order valence-electron chi connectivity index (χ3n) is 6.30. The average Bonchev–Trinajstić information content (AvgIpc) is 3.39. The fraction of sp³-hybridized carbons (Fsp3) is 0.280. The summed E-state index contributed by atoms with van der Waals surface area (Å²) in [6.45, 7) is 2.60. The van der Waals surface area contributed by atoms with Crippen LogP contribution in [-0.4, -0.2) is 35.3 Å². The molecule has 2 unspecified atom stereocenters. The summed E-state index contributed by atoms with van der Waals surface area (Å²) in [6.07, 6.45) is 2.37. The Balaban J connectivity index is 1.55. The summed E-state index contributed by atoms with van der Waals surface area (Å²) in [5.74, 6) is -0.0246. The lowest BCUT2D eigenvalue weighted by Crippen LogP contribution is -2.38. The van der Waals surface area contributed by atoms with Crippen molar-refractivity contribution in [1.29, 1.82) is 5.26 Å². The molecule has 0 N–H and O–H groups in total. The molecule has 0 spiro atoms. The van der Waals surface area contributed by atoms with Crippen LogP contribution in [0.5, 0.6) is 0 Å². The van der Waals surface area contributed by atoms with Gasteiger partial charge >= 0.3 is 0 Å². The van der Waals surface area contributed by atoms with E-state index in [0.29, 0.717) is 12.1 Å². The second-order valence-electron chi connectivity index (χ2n) is 7.91. The van der Waals surface area contributed by atoms with Crippen LogP contribution in [0.4, 0.5) is 0 Å². The van der Waals surface area contributed by atoms with Gasteiger partial charge in [0.15, 0.2) is 0 Å². The highest BCUT2D eigenvalue weighted by Gasteiger charge is 2.40. The largest absolute Gasteiger partial charge is 0.317 e. The molecule has 3 aromatic rings. The summed E-state index contributed by atoms with van der Waals surface area (Å²) >= 11 is 0. The number of fused-ring (bicyclic) bond motifs is 3. The second kappa shape index (κ2) is 7.35. The van der Waals surface area contributed by atoms with Crippen LogP contribution >= 0.6 is 0 Å². The van der Waals surface area contributed by atoms with Crippen molar-refractivity contribution in [2.45, 2.75) is 24.9 Å². The van der Waals surface area contributed by atoms with Gasteiger partial charge in [0.25, 0.3) is 5.91 Å². The van der Waals surface area contributed by atoms with Crippen molar-refractivity contribution in [2.75, 3.05) is 19.6 Å². The van der Waals surface area contributed by atoms with Gasteiger partial charge in [-0.1, -0.05) is 66.7 Å². The van der Waals surface area contributed by atoms with Gasteiger partial charge < -0.3 is 4.90 Å². The van der Waals surface area contributed by atoms with Crippen molar-refractivity contribution >= 4 is 16.7 Å². The van der Waals surface area contributed by atoms with E-state index in [2.05, 4.69) is 23.1 Å². The quantitative estimate of drug-likeness (QED) is 0.658. The van der Waals surface area contributed by atoms with Gasteiger partial charge in [0.1, 0.15) is 6.04 Å². The first-order valence-corrected chi connectivity index (χ1v) is 10.3. The van der Waals surface area contributed by atoms with Crippen LogP contribution in [0.1, 0.15) is 46.4 Å². The van der Waals surface area contributed by atoms with E-state index in [1.165, 1.54) is 18.4 Å². The number of carbonyl (C=O) groups excluding carboxylic acids is 1. The molecule has 1 fully saturated rings. The Kier molecular flexibility index (Phi) is 4.54. The Labute approximate surface area is 171 Å². The highest BCUT2D eigenvalue weighted by Crippen LogP contribution is 2.39. The van der Waals surface area contributed by atoms with E-state index in [1.54, 1.807) is 4.90 Å². The third-order valence-corrected chi connectivity index (χ3v) is 6.30. The van der Waals surface area contributed by atoms with Crippen LogP contribution in [0.3, 0.4) is 0 Å². The minimum atomic E-state index is -0.532. The van der Waals surface area contributed by atoms with Gasteiger partial charge in [0.2, 0.25) is 0 Å². The number of rotatable bonds is 4. The van der Waals surface area contributed by atoms with Crippen molar-refractivity contribution in [1.82, 2.24) is 9.80 Å². The first-order valence-electron chi connectivity index (χ1n) is 10.3. The highest BCUT2D eigenvalue weighted by atomic mass is 16.2. The lowest BCUT2D eigenvalue weighted by Gasteiger charge is -2.33. The normalized spacial score (nSPS) is 20.0. The summed E-state index contributed by atoms with van der Waals surface area (Å²) in [5, 5.41) is 11.9. The van der Waals surface area contributed by atoms with Gasteiger partial charge in [-0.15, -0.1) is 0 Å². The molecule has 2 heterocycles. The smallest absolute Gasteiger partial charge is 0.256 e. The SMILES string of the molecule is N#CC1c2ccc3ccccc3c2C(=O)N1CC(c1ccccc1)N1CCCC1. The summed E-state index contributed by atoms with van der Waals surface area (Å²) in [4.78, 5) is 17.8. The van der Waals surface area contributed by atoms with Crippen LogP contribution in [0.25, 0.3) is 10.8 Å². The molecule has 2 aliphatic rings. The zero-order valence-corrected chi connectivity index (χ0v) is 16.3. The molecule has 29 heavy (non-hydrogen) atoms. The lowest BCUT2D eigenvalue weighted by molar-refractivity contribution is 0.0691. The molecular weight excluding hydrogens is 358 g/mol. The van der Waals surface area contributed by atoms with Crippen LogP contribution < -0.4 is 0 Å². The lowest BCUT2D eigenvalue weighted by atomic mass is 9.98. The van der Waals surface area contributed by atoms with Crippen LogP contribution in [0.15, 0.2) is 66.7 Å². The number of amides is 1. The topological polar surface area (TPSA) is 47.3 Å². The molecule has 4 heteroatoms. The molecule has 0 aromatic heterocycles. The van der Waals surface area contributed by atoms with Crippen molar-refractivity contribution in [2.24, 2.45) is 0 Å². The monoisotopic (exact) mass is 381 g/mol. The molecule has 3 aromatic carbocycles. The summed E-state index contributed by atoms with van der Waals surface area (Å²) in [7, 11) is 0. The fourth-order valence-electron chi connectivity index (χ4n) is 4.86. The van der Waals surface area contributed by atoms with Gasteiger partial charge in [-0.3, -0.25) is 9.69 Å². The van der Waals surface area contributed by atoms with Crippen molar-refractivity contribution < 1.29 is 4.79 Å². The van der Waals surface area contributed by atoms with E-state index >= 15 is 0 Å². The van der Waals surface area contributed by atoms with Crippen LogP contribution in [0.2, 0.25) is 0 Å². The van der Waals surface area contributed by atoms with Gasteiger partial charge in [-0.2, -0.15) is 5.26 Å². The summed E-state index contributed by atoms with van der Waals surface area (Å²) in [5.41, 5.74) is 2.74. The number of nitriles is 1. The molecule has 0 bridgehead atoms. The minimum absolute atomic E-state index is 0.0246. The van der Waals surface area contributed by atoms with Crippen molar-refractivity contribution in [3.8, 4) is 6.07 Å². The first kappa shape index (κ1) is 17.9. The number of hydrogen-bond donors (Lipinski definition) is 0. The van der Waals surface area contributed by atoms with Gasteiger partial charge in [0.05, 0.1) is 17.7 Å². The molecule has 144 valence electrons. The number of benzene rings is 3. The Morgan fingerprint density at radius 2 is 1.69 bits per heavy atom. The van der Waals surface area contributed by atoms with E-state index in [0.717, 1.165) is 29.4 Å². The van der Waals surface area contributed by atoms with E-state index in [1.807, 2.05) is 54.6 Å². The number of likely N-dealkylation sites (tertiary alicyclic amines) is 1. The molecular formula is C25H23N3O. The number of carbonyl (C=O) groups is 1. The predicted molar refractivity (Wildman–Crippen MR) is 113 cm³/mol. The number of nitrogens with zero attached hydrogens (tertiary/aromatic N) is 3. The standard InChI is InChI=1S/C25H23N3O/c26-16-22-21-13-12-18-8-4-5-11-20(18)24(21)25(29)28(22)17-23(27-14-6-7-15-27)19-9-2-1-3-10-19/h1-5,8-13,22-23H,6-7,14-15,17H2. The Bertz CT molecular complexity index is 1100. The van der Waals surface area contributed by atoms with E-state index < -0.39 is 6.04 Å². The first-order chi connectivity index (χ1) is 14.3. The Hall–Kier alpha value is -3.16. The molecule has 2 atom stereocenters. The zero-order chi connectivity index (χ0) is 19.8. The predicted octanol–water partition coefficient (Wildman–Crippen LogP) is 4.70. The highest BCUT2D eigenvalue weighted by molar-refractivity contribution is 6.11. The van der Waals surface area contributed by atoms with Gasteiger partial charge in [-0.25, -0.2) is 0 Å². The molecule has 1 amide bonds. The molecule has 4 nitrogen and oxygen atoms in total. The Morgan fingerprint density at radius 3 is 2.45 bits per heavy atom. The maximum absolute atomic E-state index is 13.5. The minimum Gasteiger partial charge on any atom is -0.317 e. The molecule has 0 saturated carbocycles. The summed E-state index contributed by atoms with van der Waals surface area (Å²) < 4.78 is 0. The van der Waals surface area contributed by atoms with E-state index in [9.17, 15) is 10.1 Å². The van der Waals surface area contributed by atoms with Crippen molar-refractivity contribution in [3.05, 3.63) is 83.4 Å². The second-order valence-corrected chi connectivity index (χ2v) is 7.91. The fourth-order valence-corrected chi connectivity index (χ4v) is 4.86. The molecule has 5 rings (SSSR count). The third kappa shape index (κ3) is 2.99. The van der Waals surface area contributed by atoms with Gasteiger partial charge in [-0.05, 0) is 42.3 Å². The number of hydrogen-bond acceptors (Lipinski definition) is 3.